The number of hydrogen-bond donors (Lipinski definition) is 0. The largest absolute Gasteiger partial charge is 0.122 e. The summed E-state index contributed by atoms with van der Waals surface area (Å²) in [6, 6.07) is 0. The first-order valence-electron chi connectivity index (χ1n) is 3.07. The molecular weight excluding hydrogens is 160 g/mol. The number of hydrogen-bond acceptors (Lipinski definition) is 2. The first kappa shape index (κ1) is 9.92. The molecule has 0 nitrogen and oxygen atoms in total. The number of thiocarbonyl (C=S) groups is 1. The summed E-state index contributed by atoms with van der Waals surface area (Å²) in [5.41, 5.74) is 0. The lowest BCUT2D eigenvalue weighted by atomic mass is 10.1. The third kappa shape index (κ3) is 3.18. The molecular formula is C8H12S2. The van der Waals surface area contributed by atoms with E-state index in [0.717, 1.165) is 10.6 Å². The van der Waals surface area contributed by atoms with Crippen LogP contribution in [0.1, 0.15) is 6.42 Å². The van der Waals surface area contributed by atoms with Crippen molar-refractivity contribution < 1.29 is 0 Å². The van der Waals surface area contributed by atoms with Gasteiger partial charge < -0.3 is 0 Å². The average Bonchev–Trinajstić information content (AvgIpc) is 1.99. The second-order valence-electron chi connectivity index (χ2n) is 1.89. The summed E-state index contributed by atoms with van der Waals surface area (Å²) in [7, 11) is 0. The number of rotatable bonds is 4. The van der Waals surface area contributed by atoms with Crippen LogP contribution < -0.4 is 0 Å². The highest BCUT2D eigenvalue weighted by Gasteiger charge is 2.05. The SMILES string of the molecule is C=CCC(C=C)C(=S)SC. The van der Waals surface area contributed by atoms with Crippen molar-refractivity contribution >= 4 is 28.2 Å². The predicted octanol–water partition coefficient (Wildman–Crippen LogP) is 3.06. The molecule has 0 saturated carbocycles. The molecule has 0 rings (SSSR count). The molecule has 0 radical (unpaired) electrons. The molecule has 0 heterocycles. The van der Waals surface area contributed by atoms with E-state index in [1.807, 2.05) is 18.4 Å². The van der Waals surface area contributed by atoms with E-state index in [1.54, 1.807) is 11.8 Å². The molecule has 1 atom stereocenters. The third-order valence-electron chi connectivity index (χ3n) is 1.21. The van der Waals surface area contributed by atoms with Gasteiger partial charge in [-0.2, -0.15) is 0 Å². The molecule has 0 aliphatic heterocycles. The average molecular weight is 172 g/mol. The van der Waals surface area contributed by atoms with E-state index in [4.69, 9.17) is 12.2 Å². The van der Waals surface area contributed by atoms with Gasteiger partial charge in [0.1, 0.15) is 0 Å². The molecule has 0 saturated heterocycles. The highest BCUT2D eigenvalue weighted by Crippen LogP contribution is 2.15. The Hall–Kier alpha value is -0.0800. The van der Waals surface area contributed by atoms with Gasteiger partial charge in [0, 0.05) is 5.92 Å². The molecule has 0 aromatic heterocycles. The molecule has 0 aliphatic rings. The van der Waals surface area contributed by atoms with Gasteiger partial charge in [-0.25, -0.2) is 0 Å². The van der Waals surface area contributed by atoms with Gasteiger partial charge in [0.2, 0.25) is 0 Å². The van der Waals surface area contributed by atoms with Gasteiger partial charge in [-0.15, -0.1) is 24.9 Å². The highest BCUT2D eigenvalue weighted by molar-refractivity contribution is 8.22. The van der Waals surface area contributed by atoms with Crippen molar-refractivity contribution in [1.29, 1.82) is 0 Å². The molecule has 0 aliphatic carbocycles. The second-order valence-corrected chi connectivity index (χ2v) is 3.44. The molecule has 0 N–H and O–H groups in total. The lowest BCUT2D eigenvalue weighted by Gasteiger charge is -2.07. The molecule has 0 spiro atoms. The van der Waals surface area contributed by atoms with Gasteiger partial charge in [-0.1, -0.05) is 24.4 Å². The van der Waals surface area contributed by atoms with Crippen LogP contribution in [0.25, 0.3) is 0 Å². The predicted molar refractivity (Wildman–Crippen MR) is 54.6 cm³/mol. The standard InChI is InChI=1S/C8H12S2/c1-4-6-7(5-2)8(9)10-3/h4-5,7H,1-2,6H2,3H3. The van der Waals surface area contributed by atoms with Crippen LogP contribution in [-0.4, -0.2) is 10.5 Å². The fraction of sp³-hybridized carbons (Fsp3) is 0.375. The minimum atomic E-state index is 0.322. The van der Waals surface area contributed by atoms with Crippen molar-refractivity contribution in [1.82, 2.24) is 0 Å². The summed E-state index contributed by atoms with van der Waals surface area (Å²) in [5.74, 6) is 0.322. The Morgan fingerprint density at radius 3 is 2.60 bits per heavy atom. The van der Waals surface area contributed by atoms with Gasteiger partial charge in [0.25, 0.3) is 0 Å². The van der Waals surface area contributed by atoms with Gasteiger partial charge in [0.05, 0.1) is 4.20 Å². The molecule has 0 aromatic rings. The normalized spacial score (nSPS) is 12.1. The zero-order valence-corrected chi connectivity index (χ0v) is 7.80. The third-order valence-corrected chi connectivity index (χ3v) is 2.72. The van der Waals surface area contributed by atoms with Crippen LogP contribution >= 0.6 is 24.0 Å². The lowest BCUT2D eigenvalue weighted by Crippen LogP contribution is -2.03. The zero-order valence-electron chi connectivity index (χ0n) is 6.17. The fourth-order valence-corrected chi connectivity index (χ4v) is 1.31. The monoisotopic (exact) mass is 172 g/mol. The van der Waals surface area contributed by atoms with Crippen molar-refractivity contribution in [3.8, 4) is 0 Å². The van der Waals surface area contributed by atoms with E-state index >= 15 is 0 Å². The highest BCUT2D eigenvalue weighted by atomic mass is 32.2. The van der Waals surface area contributed by atoms with Gasteiger partial charge >= 0.3 is 0 Å². The Morgan fingerprint density at radius 2 is 2.30 bits per heavy atom. The zero-order chi connectivity index (χ0) is 7.98. The van der Waals surface area contributed by atoms with Gasteiger partial charge in [0.15, 0.2) is 0 Å². The summed E-state index contributed by atoms with van der Waals surface area (Å²) in [4.78, 5) is 0. The molecule has 10 heavy (non-hydrogen) atoms. The first-order chi connectivity index (χ1) is 4.76. The van der Waals surface area contributed by atoms with Gasteiger partial charge in [-0.3, -0.25) is 0 Å². The summed E-state index contributed by atoms with van der Waals surface area (Å²) in [5, 5.41) is 0. The fourth-order valence-electron chi connectivity index (χ4n) is 0.620. The van der Waals surface area contributed by atoms with Crippen molar-refractivity contribution in [2.24, 2.45) is 5.92 Å². The Kier molecular flexibility index (Phi) is 5.64. The van der Waals surface area contributed by atoms with Crippen molar-refractivity contribution in [2.45, 2.75) is 6.42 Å². The van der Waals surface area contributed by atoms with E-state index in [2.05, 4.69) is 13.2 Å². The van der Waals surface area contributed by atoms with Crippen LogP contribution in [0.2, 0.25) is 0 Å². The van der Waals surface area contributed by atoms with Crippen LogP contribution in [0.5, 0.6) is 0 Å². The molecule has 1 unspecified atom stereocenters. The summed E-state index contributed by atoms with van der Waals surface area (Å²) >= 11 is 6.70. The minimum Gasteiger partial charge on any atom is -0.122 e. The van der Waals surface area contributed by atoms with Crippen molar-refractivity contribution in [2.75, 3.05) is 6.26 Å². The van der Waals surface area contributed by atoms with Crippen LogP contribution in [-0.2, 0) is 0 Å². The van der Waals surface area contributed by atoms with E-state index in [-0.39, 0.29) is 0 Å². The van der Waals surface area contributed by atoms with E-state index in [1.165, 1.54) is 0 Å². The Labute approximate surface area is 72.4 Å². The smallest absolute Gasteiger partial charge is 0.0547 e. The number of thioether (sulfide) groups is 1. The summed E-state index contributed by atoms with van der Waals surface area (Å²) < 4.78 is 0.995. The topological polar surface area (TPSA) is 0 Å². The maximum atomic E-state index is 5.09. The summed E-state index contributed by atoms with van der Waals surface area (Å²) in [6.07, 6.45) is 6.64. The van der Waals surface area contributed by atoms with Crippen LogP contribution in [0.15, 0.2) is 25.3 Å². The Morgan fingerprint density at radius 1 is 1.70 bits per heavy atom. The molecule has 0 aromatic carbocycles. The maximum absolute atomic E-state index is 5.09. The van der Waals surface area contributed by atoms with Crippen LogP contribution in [0, 0.1) is 5.92 Å². The van der Waals surface area contributed by atoms with Crippen molar-refractivity contribution in [3.05, 3.63) is 25.3 Å². The van der Waals surface area contributed by atoms with Crippen LogP contribution in [0.4, 0.5) is 0 Å². The van der Waals surface area contributed by atoms with E-state index in [0.29, 0.717) is 5.92 Å². The Balaban J connectivity index is 3.91. The summed E-state index contributed by atoms with van der Waals surface area (Å²) in [6.45, 7) is 7.35. The molecule has 56 valence electrons. The lowest BCUT2D eigenvalue weighted by molar-refractivity contribution is 0.911. The second kappa shape index (κ2) is 5.69. The Bertz CT molecular complexity index is 138. The molecule has 0 amide bonds. The molecule has 0 bridgehead atoms. The van der Waals surface area contributed by atoms with Crippen LogP contribution in [0.3, 0.4) is 0 Å². The quantitative estimate of drug-likeness (QED) is 0.472. The van der Waals surface area contributed by atoms with Crippen molar-refractivity contribution in [3.63, 3.8) is 0 Å². The van der Waals surface area contributed by atoms with E-state index in [9.17, 15) is 0 Å². The van der Waals surface area contributed by atoms with E-state index < -0.39 is 0 Å². The number of allylic oxidation sites excluding steroid dienone is 2. The molecule has 0 fully saturated rings. The minimum absolute atomic E-state index is 0.322. The maximum Gasteiger partial charge on any atom is 0.0547 e. The molecule has 2 heteroatoms. The first-order valence-corrected chi connectivity index (χ1v) is 4.70. The van der Waals surface area contributed by atoms with Gasteiger partial charge in [-0.05, 0) is 12.7 Å².